The summed E-state index contributed by atoms with van der Waals surface area (Å²) in [5.74, 6) is -0.382. The Morgan fingerprint density at radius 3 is 2.62 bits per heavy atom. The van der Waals surface area contributed by atoms with E-state index in [9.17, 15) is 4.79 Å². The van der Waals surface area contributed by atoms with Crippen LogP contribution in [0, 0.1) is 0 Å². The zero-order valence-electron chi connectivity index (χ0n) is 7.89. The van der Waals surface area contributed by atoms with Crippen molar-refractivity contribution in [2.24, 2.45) is 0 Å². The van der Waals surface area contributed by atoms with Crippen molar-refractivity contribution in [3.8, 4) is 0 Å². The average Bonchev–Trinajstić information content (AvgIpc) is 2.74. The van der Waals surface area contributed by atoms with Crippen molar-refractivity contribution in [1.29, 1.82) is 0 Å². The highest BCUT2D eigenvalue weighted by atomic mass is 35.5. The summed E-state index contributed by atoms with van der Waals surface area (Å²) in [5, 5.41) is 7.65. The van der Waals surface area contributed by atoms with Crippen LogP contribution in [0.1, 0.15) is 10.4 Å². The molecule has 1 amide bonds. The molecule has 1 aromatic carbocycles. The minimum absolute atomic E-state index is 0.217. The largest absolute Gasteiger partial charge is 0.271 e. The molecule has 0 unspecified atom stereocenters. The third kappa shape index (κ3) is 2.15. The van der Waals surface area contributed by atoms with Gasteiger partial charge in [-0.1, -0.05) is 29.3 Å². The molecule has 7 heteroatoms. The van der Waals surface area contributed by atoms with Gasteiger partial charge in [-0.3, -0.25) is 10.2 Å². The minimum Gasteiger partial charge on any atom is -0.267 e. The van der Waals surface area contributed by atoms with Gasteiger partial charge in [-0.25, -0.2) is 4.68 Å². The van der Waals surface area contributed by atoms with Crippen LogP contribution in [0.3, 0.4) is 0 Å². The molecule has 5 nitrogen and oxygen atoms in total. The van der Waals surface area contributed by atoms with E-state index in [1.54, 1.807) is 18.2 Å². The fourth-order valence-electron chi connectivity index (χ4n) is 1.12. The van der Waals surface area contributed by atoms with E-state index in [0.29, 0.717) is 10.6 Å². The van der Waals surface area contributed by atoms with Crippen molar-refractivity contribution in [3.05, 3.63) is 46.5 Å². The van der Waals surface area contributed by atoms with Gasteiger partial charge >= 0.3 is 0 Å². The first-order chi connectivity index (χ1) is 7.68. The first-order valence-corrected chi connectivity index (χ1v) is 5.04. The Balaban J connectivity index is 2.24. The van der Waals surface area contributed by atoms with Crippen LogP contribution in [0.4, 0.5) is 0 Å². The Morgan fingerprint density at radius 1 is 1.25 bits per heavy atom. The summed E-state index contributed by atoms with van der Waals surface area (Å²) in [5.41, 5.74) is 2.81. The van der Waals surface area contributed by atoms with Crippen LogP contribution in [0.2, 0.25) is 10.0 Å². The van der Waals surface area contributed by atoms with Crippen LogP contribution >= 0.6 is 23.2 Å². The van der Waals surface area contributed by atoms with E-state index < -0.39 is 0 Å². The number of nitrogens with zero attached hydrogens (tertiary/aromatic N) is 3. The van der Waals surface area contributed by atoms with Gasteiger partial charge in [0, 0.05) is 0 Å². The van der Waals surface area contributed by atoms with Crippen LogP contribution in [0.15, 0.2) is 30.9 Å². The fourth-order valence-corrected chi connectivity index (χ4v) is 1.50. The molecule has 1 heterocycles. The van der Waals surface area contributed by atoms with Gasteiger partial charge in [0.1, 0.15) is 12.7 Å². The number of carbonyl (C=O) groups is 1. The summed E-state index contributed by atoms with van der Waals surface area (Å²) >= 11 is 11.7. The van der Waals surface area contributed by atoms with Crippen molar-refractivity contribution in [1.82, 2.24) is 14.9 Å². The number of benzene rings is 1. The summed E-state index contributed by atoms with van der Waals surface area (Å²) < 4.78 is 1.32. The summed E-state index contributed by atoms with van der Waals surface area (Å²) in [7, 11) is 0. The zero-order chi connectivity index (χ0) is 11.5. The molecule has 2 aromatic rings. The van der Waals surface area contributed by atoms with Crippen LogP contribution in [0.5, 0.6) is 0 Å². The van der Waals surface area contributed by atoms with E-state index in [4.69, 9.17) is 23.2 Å². The lowest BCUT2D eigenvalue weighted by Gasteiger charge is -2.06. The second-order valence-corrected chi connectivity index (χ2v) is 3.70. The van der Waals surface area contributed by atoms with Gasteiger partial charge in [0.25, 0.3) is 5.91 Å². The highest BCUT2D eigenvalue weighted by molar-refractivity contribution is 6.44. The molecule has 2 rings (SSSR count). The number of amides is 1. The van der Waals surface area contributed by atoms with E-state index >= 15 is 0 Å². The van der Waals surface area contributed by atoms with E-state index in [0.717, 1.165) is 0 Å². The molecule has 0 fully saturated rings. The van der Waals surface area contributed by atoms with Gasteiger partial charge in [0.05, 0.1) is 15.6 Å². The van der Waals surface area contributed by atoms with Gasteiger partial charge in [-0.05, 0) is 12.1 Å². The first kappa shape index (κ1) is 10.9. The molecule has 0 aliphatic heterocycles. The Kier molecular flexibility index (Phi) is 3.07. The van der Waals surface area contributed by atoms with E-state index in [2.05, 4.69) is 15.6 Å². The summed E-state index contributed by atoms with van der Waals surface area (Å²) in [4.78, 5) is 11.8. The number of halogens is 2. The van der Waals surface area contributed by atoms with Gasteiger partial charge in [-0.2, -0.15) is 0 Å². The van der Waals surface area contributed by atoms with E-state index in [-0.39, 0.29) is 10.9 Å². The number of hydrogen-bond acceptors (Lipinski definition) is 3. The van der Waals surface area contributed by atoms with Crippen LogP contribution < -0.4 is 5.43 Å². The van der Waals surface area contributed by atoms with Crippen LogP contribution in [0.25, 0.3) is 0 Å². The predicted molar refractivity (Wildman–Crippen MR) is 60.2 cm³/mol. The molecule has 0 atom stereocenters. The minimum atomic E-state index is -0.382. The molecule has 16 heavy (non-hydrogen) atoms. The molecule has 0 aliphatic carbocycles. The second kappa shape index (κ2) is 4.51. The van der Waals surface area contributed by atoms with Crippen molar-refractivity contribution in [3.63, 3.8) is 0 Å². The Bertz CT molecular complexity index is 512. The molecule has 1 N–H and O–H groups in total. The van der Waals surface area contributed by atoms with Crippen LogP contribution in [-0.2, 0) is 0 Å². The highest BCUT2D eigenvalue weighted by Crippen LogP contribution is 2.25. The number of rotatable bonds is 2. The Morgan fingerprint density at radius 2 is 1.94 bits per heavy atom. The highest BCUT2D eigenvalue weighted by Gasteiger charge is 2.12. The quantitative estimate of drug-likeness (QED) is 0.894. The monoisotopic (exact) mass is 256 g/mol. The normalized spacial score (nSPS) is 10.1. The molecule has 82 valence electrons. The van der Waals surface area contributed by atoms with Gasteiger partial charge in [0.15, 0.2) is 0 Å². The Hall–Kier alpha value is -1.59. The summed E-state index contributed by atoms with van der Waals surface area (Å²) in [6, 6.07) is 4.84. The molecule has 1 aromatic heterocycles. The third-order valence-corrected chi connectivity index (χ3v) is 2.66. The zero-order valence-corrected chi connectivity index (χ0v) is 9.40. The molecule has 0 saturated carbocycles. The maximum atomic E-state index is 11.8. The Labute approximate surface area is 101 Å². The molecule has 0 radical (unpaired) electrons. The lowest BCUT2D eigenvalue weighted by molar-refractivity contribution is 0.101. The van der Waals surface area contributed by atoms with Crippen molar-refractivity contribution in [2.75, 3.05) is 5.43 Å². The number of carbonyl (C=O) groups excluding carboxylic acids is 1. The number of nitrogens with one attached hydrogen (secondary N) is 1. The lowest BCUT2D eigenvalue weighted by Crippen LogP contribution is -2.21. The maximum Gasteiger partial charge on any atom is 0.271 e. The standard InChI is InChI=1S/C9H6Cl2N4O/c10-7-3-1-2-6(8(7)11)9(16)14-15-4-12-13-5-15/h1-5H,(H,14,16). The van der Waals surface area contributed by atoms with Crippen LogP contribution in [-0.4, -0.2) is 20.8 Å². The smallest absolute Gasteiger partial charge is 0.267 e. The van der Waals surface area contributed by atoms with Gasteiger partial charge < -0.3 is 0 Å². The third-order valence-electron chi connectivity index (χ3n) is 1.85. The van der Waals surface area contributed by atoms with Crippen molar-refractivity contribution < 1.29 is 4.79 Å². The molecule has 0 spiro atoms. The first-order valence-electron chi connectivity index (χ1n) is 4.28. The van der Waals surface area contributed by atoms with Gasteiger partial charge in [0.2, 0.25) is 0 Å². The fraction of sp³-hybridized carbons (Fsp3) is 0. The molecule has 0 bridgehead atoms. The van der Waals surface area contributed by atoms with Crippen molar-refractivity contribution in [2.45, 2.75) is 0 Å². The van der Waals surface area contributed by atoms with Gasteiger partial charge in [-0.15, -0.1) is 10.2 Å². The molecular formula is C9H6Cl2N4O. The van der Waals surface area contributed by atoms with E-state index in [1.165, 1.54) is 17.3 Å². The molecular weight excluding hydrogens is 251 g/mol. The van der Waals surface area contributed by atoms with E-state index in [1.807, 2.05) is 0 Å². The molecule has 0 aliphatic rings. The second-order valence-electron chi connectivity index (χ2n) is 2.91. The maximum absolute atomic E-state index is 11.8. The lowest BCUT2D eigenvalue weighted by atomic mass is 10.2. The average molecular weight is 257 g/mol. The SMILES string of the molecule is O=C(Nn1cnnc1)c1cccc(Cl)c1Cl. The number of hydrogen-bond donors (Lipinski definition) is 1. The predicted octanol–water partition coefficient (Wildman–Crippen LogP) is 1.97. The number of aromatic nitrogens is 3. The molecule has 0 saturated heterocycles. The summed E-state index contributed by atoms with van der Waals surface area (Å²) in [6.45, 7) is 0. The topological polar surface area (TPSA) is 59.8 Å². The van der Waals surface area contributed by atoms with Crippen molar-refractivity contribution >= 4 is 29.1 Å². The summed E-state index contributed by atoms with van der Waals surface area (Å²) in [6.07, 6.45) is 2.71.